The normalized spacial score (nSPS) is 13.6. The molecule has 1 unspecified atom stereocenters. The van der Waals surface area contributed by atoms with Gasteiger partial charge in [-0.25, -0.2) is 0 Å². The van der Waals surface area contributed by atoms with Gasteiger partial charge in [0, 0.05) is 5.56 Å². The van der Waals surface area contributed by atoms with E-state index in [1.165, 1.54) is 11.8 Å². The van der Waals surface area contributed by atoms with Crippen LogP contribution < -0.4 is 5.73 Å². The molecule has 0 aliphatic rings. The Bertz CT molecular complexity index is 576. The van der Waals surface area contributed by atoms with Crippen LogP contribution in [0.3, 0.4) is 0 Å². The van der Waals surface area contributed by atoms with Crippen molar-refractivity contribution < 1.29 is 4.79 Å². The maximum absolute atomic E-state index is 10.7. The highest BCUT2D eigenvalue weighted by Crippen LogP contribution is 2.21. The van der Waals surface area contributed by atoms with E-state index >= 15 is 0 Å². The molecule has 116 valence electrons. The molecule has 0 aromatic heterocycles. The molecule has 22 heavy (non-hydrogen) atoms. The average molecular weight is 295 g/mol. The van der Waals surface area contributed by atoms with E-state index in [-0.39, 0.29) is 5.92 Å². The number of hydrogen-bond donors (Lipinski definition) is 1. The Kier molecular flexibility index (Phi) is 7.69. The number of carbonyl (C=O) groups is 1. The molecule has 1 aromatic rings. The highest BCUT2D eigenvalue weighted by Gasteiger charge is 2.03. The third-order valence-corrected chi connectivity index (χ3v) is 3.51. The molecule has 1 aromatic carbocycles. The van der Waals surface area contributed by atoms with Gasteiger partial charge in [0.1, 0.15) is 6.29 Å². The van der Waals surface area contributed by atoms with Gasteiger partial charge in [-0.1, -0.05) is 69.3 Å². The van der Waals surface area contributed by atoms with Gasteiger partial charge in [0.15, 0.2) is 0 Å². The summed E-state index contributed by atoms with van der Waals surface area (Å²) in [4.78, 5) is 10.7. The monoisotopic (exact) mass is 295 g/mol. The van der Waals surface area contributed by atoms with Gasteiger partial charge in [-0.15, -0.1) is 0 Å². The van der Waals surface area contributed by atoms with E-state index in [2.05, 4.69) is 32.6 Å². The summed E-state index contributed by atoms with van der Waals surface area (Å²) in [6.07, 6.45) is 12.5. The molecule has 0 bridgehead atoms. The maximum Gasteiger partial charge on any atom is 0.150 e. The lowest BCUT2D eigenvalue weighted by molar-refractivity contribution is 0.112. The molecule has 0 fully saturated rings. The quantitative estimate of drug-likeness (QED) is 0.546. The lowest BCUT2D eigenvalue weighted by Gasteiger charge is -2.09. The predicted octanol–water partition coefficient (Wildman–Crippen LogP) is 4.91. The first-order chi connectivity index (χ1) is 10.6. The van der Waals surface area contributed by atoms with Crippen LogP contribution in [0, 0.1) is 0 Å². The molecule has 0 aliphatic heterocycles. The number of carbonyl (C=O) groups excluding carboxylic acids is 1. The van der Waals surface area contributed by atoms with Crippen LogP contribution in [-0.2, 0) is 0 Å². The molecule has 2 N–H and O–H groups in total. The zero-order valence-corrected chi connectivity index (χ0v) is 13.5. The fraction of sp³-hybridized carbons (Fsp3) is 0.250. The molecule has 0 spiro atoms. The van der Waals surface area contributed by atoms with Gasteiger partial charge in [0.2, 0.25) is 0 Å². The lowest BCUT2D eigenvalue weighted by Crippen LogP contribution is -1.91. The van der Waals surface area contributed by atoms with Crippen molar-refractivity contribution in [2.24, 2.45) is 5.73 Å². The van der Waals surface area contributed by atoms with E-state index in [9.17, 15) is 4.79 Å². The lowest BCUT2D eigenvalue weighted by atomic mass is 9.96. The molecule has 0 saturated carbocycles. The first-order valence-corrected chi connectivity index (χ1v) is 7.62. The van der Waals surface area contributed by atoms with Crippen molar-refractivity contribution in [1.82, 2.24) is 0 Å². The van der Waals surface area contributed by atoms with E-state index in [0.717, 1.165) is 30.3 Å². The number of aldehydes is 1. The SMILES string of the molecule is C=C(CCC)C(/C=C/C(C)c1ccc(C=O)cc1)=C/C=C/N. The van der Waals surface area contributed by atoms with Crippen molar-refractivity contribution in [1.29, 1.82) is 0 Å². The second kappa shape index (κ2) is 9.56. The summed E-state index contributed by atoms with van der Waals surface area (Å²) < 4.78 is 0. The van der Waals surface area contributed by atoms with Crippen LogP contribution in [0.15, 0.2) is 72.5 Å². The molecular weight excluding hydrogens is 270 g/mol. The Hall–Kier alpha value is -2.35. The standard InChI is InChI=1S/C20H25NO/c1-4-6-16(2)19(7-5-14-21)11-8-17(3)20-12-9-18(15-22)10-13-20/h5,7-15,17H,2,4,6,21H2,1,3H3/b11-8+,14-5+,19-7+. The van der Waals surface area contributed by atoms with Crippen LogP contribution in [0.1, 0.15) is 48.5 Å². The summed E-state index contributed by atoms with van der Waals surface area (Å²) in [5.41, 5.74) is 9.50. The van der Waals surface area contributed by atoms with Crippen LogP contribution in [0.5, 0.6) is 0 Å². The molecular formula is C20H25NO. The molecule has 0 heterocycles. The third-order valence-electron chi connectivity index (χ3n) is 3.51. The molecule has 2 nitrogen and oxygen atoms in total. The minimum Gasteiger partial charge on any atom is -0.405 e. The number of nitrogens with two attached hydrogens (primary N) is 1. The molecule has 0 amide bonds. The van der Waals surface area contributed by atoms with E-state index in [1.807, 2.05) is 36.4 Å². The zero-order valence-electron chi connectivity index (χ0n) is 13.5. The van der Waals surface area contributed by atoms with Crippen LogP contribution in [-0.4, -0.2) is 6.29 Å². The molecule has 1 rings (SSSR count). The summed E-state index contributed by atoms with van der Waals surface area (Å²) in [6, 6.07) is 7.67. The minimum absolute atomic E-state index is 0.264. The first-order valence-electron chi connectivity index (χ1n) is 7.62. The summed E-state index contributed by atoms with van der Waals surface area (Å²) in [7, 11) is 0. The van der Waals surface area contributed by atoms with Crippen molar-refractivity contribution in [3.8, 4) is 0 Å². The number of rotatable bonds is 8. The summed E-state index contributed by atoms with van der Waals surface area (Å²) in [5, 5.41) is 0. The molecule has 2 heteroatoms. The highest BCUT2D eigenvalue weighted by atomic mass is 16.1. The van der Waals surface area contributed by atoms with Gasteiger partial charge >= 0.3 is 0 Å². The number of benzene rings is 1. The molecule has 0 aliphatic carbocycles. The second-order valence-electron chi connectivity index (χ2n) is 5.29. The zero-order chi connectivity index (χ0) is 16.4. The maximum atomic E-state index is 10.7. The fourth-order valence-electron chi connectivity index (χ4n) is 2.13. The number of hydrogen-bond acceptors (Lipinski definition) is 2. The van der Waals surface area contributed by atoms with E-state index in [0.29, 0.717) is 5.56 Å². The smallest absolute Gasteiger partial charge is 0.150 e. The second-order valence-corrected chi connectivity index (χ2v) is 5.29. The van der Waals surface area contributed by atoms with Crippen molar-refractivity contribution in [3.05, 3.63) is 83.6 Å². The Balaban J connectivity index is 2.88. The fourth-order valence-corrected chi connectivity index (χ4v) is 2.13. The van der Waals surface area contributed by atoms with Gasteiger partial charge in [0.25, 0.3) is 0 Å². The summed E-state index contributed by atoms with van der Waals surface area (Å²) in [6.45, 7) is 8.41. The van der Waals surface area contributed by atoms with Gasteiger partial charge in [-0.3, -0.25) is 4.79 Å². The topological polar surface area (TPSA) is 43.1 Å². The Morgan fingerprint density at radius 3 is 2.55 bits per heavy atom. The number of allylic oxidation sites excluding steroid dienone is 6. The average Bonchev–Trinajstić information content (AvgIpc) is 2.55. The van der Waals surface area contributed by atoms with E-state index < -0.39 is 0 Å². The van der Waals surface area contributed by atoms with Gasteiger partial charge in [-0.05, 0) is 41.3 Å². The van der Waals surface area contributed by atoms with Crippen molar-refractivity contribution in [2.75, 3.05) is 0 Å². The van der Waals surface area contributed by atoms with Gasteiger partial charge in [-0.2, -0.15) is 0 Å². The Labute approximate surface area is 133 Å². The first kappa shape index (κ1) is 17.7. The van der Waals surface area contributed by atoms with Crippen molar-refractivity contribution in [2.45, 2.75) is 32.6 Å². The highest BCUT2D eigenvalue weighted by molar-refractivity contribution is 5.74. The van der Waals surface area contributed by atoms with Crippen LogP contribution in [0.4, 0.5) is 0 Å². The summed E-state index contributed by atoms with van der Waals surface area (Å²) >= 11 is 0. The third kappa shape index (κ3) is 5.57. The van der Waals surface area contributed by atoms with Gasteiger partial charge in [0.05, 0.1) is 0 Å². The van der Waals surface area contributed by atoms with Crippen molar-refractivity contribution in [3.63, 3.8) is 0 Å². The Morgan fingerprint density at radius 1 is 1.32 bits per heavy atom. The largest absolute Gasteiger partial charge is 0.405 e. The predicted molar refractivity (Wildman–Crippen MR) is 94.8 cm³/mol. The van der Waals surface area contributed by atoms with E-state index in [1.54, 1.807) is 0 Å². The molecule has 1 atom stereocenters. The van der Waals surface area contributed by atoms with Crippen LogP contribution >= 0.6 is 0 Å². The Morgan fingerprint density at radius 2 is 2.00 bits per heavy atom. The molecule has 0 saturated heterocycles. The van der Waals surface area contributed by atoms with Crippen molar-refractivity contribution >= 4 is 6.29 Å². The van der Waals surface area contributed by atoms with Crippen LogP contribution in [0.25, 0.3) is 0 Å². The van der Waals surface area contributed by atoms with Crippen LogP contribution in [0.2, 0.25) is 0 Å². The van der Waals surface area contributed by atoms with E-state index in [4.69, 9.17) is 5.73 Å². The van der Waals surface area contributed by atoms with Gasteiger partial charge < -0.3 is 5.73 Å². The molecule has 0 radical (unpaired) electrons. The summed E-state index contributed by atoms with van der Waals surface area (Å²) in [5.74, 6) is 0.264. The minimum atomic E-state index is 0.264.